The molecular formula is C11H22O3. The molecule has 0 spiro atoms. The zero-order valence-electron chi connectivity index (χ0n) is 9.29. The van der Waals surface area contributed by atoms with E-state index in [9.17, 15) is 4.79 Å². The number of carboxylic acid groups (broad SMARTS) is 1. The Labute approximate surface area is 86.5 Å². The summed E-state index contributed by atoms with van der Waals surface area (Å²) in [5.41, 5.74) is 0. The average Bonchev–Trinajstić information content (AvgIpc) is 2.08. The number of carbonyl (C=O) groups is 1. The van der Waals surface area contributed by atoms with Crippen molar-refractivity contribution in [3.63, 3.8) is 0 Å². The molecule has 0 heterocycles. The second-order valence-corrected chi connectivity index (χ2v) is 4.06. The fourth-order valence-corrected chi connectivity index (χ4v) is 1.34. The smallest absolute Gasteiger partial charge is 0.450 e. The van der Waals surface area contributed by atoms with Crippen molar-refractivity contribution in [2.75, 3.05) is 6.61 Å². The molecule has 0 aromatic carbocycles. The lowest BCUT2D eigenvalue weighted by Gasteiger charge is -2.04. The SMILES string of the molecule is CC(C)CCCCCCCOC(=O)O. The lowest BCUT2D eigenvalue weighted by molar-refractivity contribution is 0.0899. The van der Waals surface area contributed by atoms with Crippen molar-refractivity contribution in [3.05, 3.63) is 0 Å². The van der Waals surface area contributed by atoms with Crippen LogP contribution in [0.1, 0.15) is 52.4 Å². The fraction of sp³-hybridized carbons (Fsp3) is 0.909. The topological polar surface area (TPSA) is 46.5 Å². The lowest BCUT2D eigenvalue weighted by atomic mass is 10.0. The predicted octanol–water partition coefficient (Wildman–Crippen LogP) is 3.68. The highest BCUT2D eigenvalue weighted by Crippen LogP contribution is 2.10. The van der Waals surface area contributed by atoms with Gasteiger partial charge in [0.15, 0.2) is 0 Å². The summed E-state index contributed by atoms with van der Waals surface area (Å²) in [5.74, 6) is 0.797. The minimum atomic E-state index is -1.16. The molecule has 14 heavy (non-hydrogen) atoms. The van der Waals surface area contributed by atoms with Crippen molar-refractivity contribution in [2.45, 2.75) is 52.4 Å². The molecule has 0 aromatic heterocycles. The number of hydrogen-bond donors (Lipinski definition) is 1. The van der Waals surface area contributed by atoms with E-state index in [2.05, 4.69) is 18.6 Å². The molecule has 84 valence electrons. The molecule has 0 bridgehead atoms. The highest BCUT2D eigenvalue weighted by atomic mass is 16.7. The van der Waals surface area contributed by atoms with Crippen LogP contribution in [-0.2, 0) is 4.74 Å². The Kier molecular flexibility index (Phi) is 8.39. The molecule has 0 unspecified atom stereocenters. The molecule has 1 N–H and O–H groups in total. The van der Waals surface area contributed by atoms with Crippen LogP contribution >= 0.6 is 0 Å². The van der Waals surface area contributed by atoms with Gasteiger partial charge < -0.3 is 9.84 Å². The van der Waals surface area contributed by atoms with Gasteiger partial charge in [-0.2, -0.15) is 0 Å². The third kappa shape index (κ3) is 11.3. The van der Waals surface area contributed by atoms with E-state index in [1.54, 1.807) is 0 Å². The Morgan fingerprint density at radius 2 is 1.71 bits per heavy atom. The van der Waals surface area contributed by atoms with Crippen LogP contribution in [0.5, 0.6) is 0 Å². The number of ether oxygens (including phenoxy) is 1. The maximum Gasteiger partial charge on any atom is 0.505 e. The molecule has 0 aliphatic heterocycles. The normalized spacial score (nSPS) is 10.5. The maximum absolute atomic E-state index is 9.99. The summed E-state index contributed by atoms with van der Waals surface area (Å²) in [6.45, 7) is 4.82. The molecular weight excluding hydrogens is 180 g/mol. The molecule has 0 amide bonds. The van der Waals surface area contributed by atoms with Crippen LogP contribution in [0.4, 0.5) is 4.79 Å². The molecule has 3 nitrogen and oxygen atoms in total. The average molecular weight is 202 g/mol. The Bertz CT molecular complexity index is 143. The second kappa shape index (κ2) is 8.85. The monoisotopic (exact) mass is 202 g/mol. The van der Waals surface area contributed by atoms with Gasteiger partial charge in [0.05, 0.1) is 6.61 Å². The van der Waals surface area contributed by atoms with E-state index in [1.165, 1.54) is 25.7 Å². The molecule has 3 heteroatoms. The first-order valence-electron chi connectivity index (χ1n) is 5.48. The first-order chi connectivity index (χ1) is 6.63. The Morgan fingerprint density at radius 3 is 2.29 bits per heavy atom. The summed E-state index contributed by atoms with van der Waals surface area (Å²) < 4.78 is 4.40. The van der Waals surface area contributed by atoms with Crippen molar-refractivity contribution in [2.24, 2.45) is 5.92 Å². The van der Waals surface area contributed by atoms with Crippen molar-refractivity contribution in [3.8, 4) is 0 Å². The van der Waals surface area contributed by atoms with Crippen molar-refractivity contribution in [1.29, 1.82) is 0 Å². The molecule has 0 fully saturated rings. The maximum atomic E-state index is 9.99. The van der Waals surface area contributed by atoms with Crippen LogP contribution < -0.4 is 0 Å². The van der Waals surface area contributed by atoms with Gasteiger partial charge in [0.2, 0.25) is 0 Å². The summed E-state index contributed by atoms with van der Waals surface area (Å²) in [5, 5.41) is 8.19. The minimum Gasteiger partial charge on any atom is -0.450 e. The van der Waals surface area contributed by atoms with E-state index in [0.29, 0.717) is 6.61 Å². The number of unbranched alkanes of at least 4 members (excludes halogenated alkanes) is 4. The standard InChI is InChI=1S/C11H22O3/c1-10(2)8-6-4-3-5-7-9-14-11(12)13/h10H,3-9H2,1-2H3,(H,12,13). The van der Waals surface area contributed by atoms with Crippen LogP contribution in [0.15, 0.2) is 0 Å². The Hall–Kier alpha value is -0.730. The van der Waals surface area contributed by atoms with Gasteiger partial charge in [-0.1, -0.05) is 46.0 Å². The van der Waals surface area contributed by atoms with E-state index in [1.807, 2.05) is 0 Å². The highest BCUT2D eigenvalue weighted by Gasteiger charge is 1.96. The first kappa shape index (κ1) is 13.3. The molecule has 0 rings (SSSR count). The zero-order valence-corrected chi connectivity index (χ0v) is 9.29. The van der Waals surface area contributed by atoms with Crippen molar-refractivity contribution in [1.82, 2.24) is 0 Å². The molecule has 0 aliphatic carbocycles. The summed E-state index contributed by atoms with van der Waals surface area (Å²) in [4.78, 5) is 9.99. The van der Waals surface area contributed by atoms with Gasteiger partial charge in [0.25, 0.3) is 0 Å². The third-order valence-corrected chi connectivity index (χ3v) is 2.15. The molecule has 0 saturated carbocycles. The fourth-order valence-electron chi connectivity index (χ4n) is 1.34. The minimum absolute atomic E-state index is 0.347. The van der Waals surface area contributed by atoms with Crippen LogP contribution in [0.3, 0.4) is 0 Å². The van der Waals surface area contributed by atoms with Gasteiger partial charge in [-0.3, -0.25) is 0 Å². The predicted molar refractivity (Wildman–Crippen MR) is 56.5 cm³/mol. The second-order valence-electron chi connectivity index (χ2n) is 4.06. The van der Waals surface area contributed by atoms with Gasteiger partial charge in [-0.25, -0.2) is 4.79 Å². The summed E-state index contributed by atoms with van der Waals surface area (Å²) in [7, 11) is 0. The third-order valence-electron chi connectivity index (χ3n) is 2.15. The summed E-state index contributed by atoms with van der Waals surface area (Å²) in [6.07, 6.45) is 5.80. The van der Waals surface area contributed by atoms with Gasteiger partial charge in [0, 0.05) is 0 Å². The zero-order chi connectivity index (χ0) is 10.8. The van der Waals surface area contributed by atoms with Crippen LogP contribution in [0.25, 0.3) is 0 Å². The van der Waals surface area contributed by atoms with Gasteiger partial charge in [0.1, 0.15) is 0 Å². The van der Waals surface area contributed by atoms with Crippen molar-refractivity contribution >= 4 is 6.16 Å². The van der Waals surface area contributed by atoms with Gasteiger partial charge >= 0.3 is 6.16 Å². The summed E-state index contributed by atoms with van der Waals surface area (Å²) >= 11 is 0. The quantitative estimate of drug-likeness (QED) is 0.482. The first-order valence-corrected chi connectivity index (χ1v) is 5.48. The molecule has 0 atom stereocenters. The molecule has 0 aromatic rings. The number of rotatable bonds is 8. The largest absolute Gasteiger partial charge is 0.505 e. The number of hydrogen-bond acceptors (Lipinski definition) is 2. The lowest BCUT2D eigenvalue weighted by Crippen LogP contribution is -2.01. The Morgan fingerprint density at radius 1 is 1.14 bits per heavy atom. The highest BCUT2D eigenvalue weighted by molar-refractivity contribution is 5.56. The van der Waals surface area contributed by atoms with E-state index in [4.69, 9.17) is 5.11 Å². The van der Waals surface area contributed by atoms with E-state index in [0.717, 1.165) is 18.8 Å². The van der Waals surface area contributed by atoms with E-state index in [-0.39, 0.29) is 0 Å². The summed E-state index contributed by atoms with van der Waals surface area (Å²) in [6, 6.07) is 0. The van der Waals surface area contributed by atoms with E-state index < -0.39 is 6.16 Å². The van der Waals surface area contributed by atoms with E-state index >= 15 is 0 Å². The Balaban J connectivity index is 2.96. The van der Waals surface area contributed by atoms with Crippen LogP contribution in [0.2, 0.25) is 0 Å². The van der Waals surface area contributed by atoms with Crippen LogP contribution in [0, 0.1) is 5.92 Å². The van der Waals surface area contributed by atoms with Gasteiger partial charge in [-0.05, 0) is 12.3 Å². The van der Waals surface area contributed by atoms with Gasteiger partial charge in [-0.15, -0.1) is 0 Å². The molecule has 0 saturated heterocycles. The molecule has 0 aliphatic rings. The van der Waals surface area contributed by atoms with Crippen molar-refractivity contribution < 1.29 is 14.6 Å². The molecule has 0 radical (unpaired) electrons. The van der Waals surface area contributed by atoms with Crippen LogP contribution in [-0.4, -0.2) is 17.9 Å².